The molecule has 0 heterocycles. The highest BCUT2D eigenvalue weighted by molar-refractivity contribution is 6.30. The van der Waals surface area contributed by atoms with Crippen LogP contribution in [-0.4, -0.2) is 14.2 Å². The van der Waals surface area contributed by atoms with Crippen LogP contribution in [0.1, 0.15) is 24.0 Å². The molecule has 1 unspecified atom stereocenters. The Morgan fingerprint density at radius 3 is 2.50 bits per heavy atom. The molecule has 1 atom stereocenters. The molecule has 2 rings (SSSR count). The molecule has 3 heteroatoms. The molecule has 0 aliphatic heterocycles. The van der Waals surface area contributed by atoms with Crippen molar-refractivity contribution in [1.29, 1.82) is 0 Å². The normalized spacial score (nSPS) is 12.0. The van der Waals surface area contributed by atoms with E-state index in [-0.39, 0.29) is 0 Å². The molecule has 0 aliphatic carbocycles. The lowest BCUT2D eigenvalue weighted by molar-refractivity contribution is 0.354. The van der Waals surface area contributed by atoms with Gasteiger partial charge in [-0.25, -0.2) is 0 Å². The van der Waals surface area contributed by atoms with Gasteiger partial charge in [0.15, 0.2) is 11.5 Å². The molecule has 0 aromatic heterocycles. The number of methoxy groups -OCH3 is 2. The van der Waals surface area contributed by atoms with Gasteiger partial charge in [0.25, 0.3) is 0 Å². The van der Waals surface area contributed by atoms with Crippen LogP contribution in [0.25, 0.3) is 0 Å². The summed E-state index contributed by atoms with van der Waals surface area (Å²) < 4.78 is 10.6. The molecule has 20 heavy (non-hydrogen) atoms. The largest absolute Gasteiger partial charge is 0.493 e. The Hall–Kier alpha value is -1.67. The van der Waals surface area contributed by atoms with Gasteiger partial charge in [-0.2, -0.15) is 0 Å². The van der Waals surface area contributed by atoms with E-state index in [2.05, 4.69) is 19.1 Å². The summed E-state index contributed by atoms with van der Waals surface area (Å²) in [7, 11) is 3.29. The van der Waals surface area contributed by atoms with Gasteiger partial charge in [-0.15, -0.1) is 0 Å². The summed E-state index contributed by atoms with van der Waals surface area (Å²) in [5, 5.41) is 0.748. The summed E-state index contributed by atoms with van der Waals surface area (Å²) in [4.78, 5) is 0. The lowest BCUT2D eigenvalue weighted by Crippen LogP contribution is -2.00. The van der Waals surface area contributed by atoms with Gasteiger partial charge >= 0.3 is 0 Å². The number of hydrogen-bond acceptors (Lipinski definition) is 2. The van der Waals surface area contributed by atoms with Gasteiger partial charge in [-0.1, -0.05) is 30.7 Å². The van der Waals surface area contributed by atoms with Crippen LogP contribution in [-0.2, 0) is 6.42 Å². The van der Waals surface area contributed by atoms with Gasteiger partial charge in [0.05, 0.1) is 14.2 Å². The number of halogens is 1. The molecule has 0 saturated heterocycles. The standard InChI is InChI=1S/C17H18ClO2/c1-12(14-5-4-6-15(18)11-14)9-13-7-8-16(19-2)17(10-13)20-3/h4,6-8,10-12H,9H2,1-3H3. The molecule has 2 nitrogen and oxygen atoms in total. The third-order valence-electron chi connectivity index (χ3n) is 3.31. The minimum Gasteiger partial charge on any atom is -0.493 e. The highest BCUT2D eigenvalue weighted by Gasteiger charge is 2.10. The number of benzene rings is 2. The number of ether oxygens (including phenoxy) is 2. The average Bonchev–Trinajstić information content (AvgIpc) is 2.47. The number of rotatable bonds is 5. The first-order valence-electron chi connectivity index (χ1n) is 6.52. The monoisotopic (exact) mass is 289 g/mol. The van der Waals surface area contributed by atoms with Gasteiger partial charge in [0.2, 0.25) is 0 Å². The SMILES string of the molecule is COc1ccc(CC(C)c2[c]ccc(Cl)c2)cc1OC. The Morgan fingerprint density at radius 1 is 1.10 bits per heavy atom. The van der Waals surface area contributed by atoms with Crippen molar-refractivity contribution >= 4 is 11.6 Å². The third-order valence-corrected chi connectivity index (χ3v) is 3.54. The van der Waals surface area contributed by atoms with Gasteiger partial charge < -0.3 is 9.47 Å². The van der Waals surface area contributed by atoms with Crippen LogP contribution in [0.15, 0.2) is 36.4 Å². The van der Waals surface area contributed by atoms with Crippen LogP contribution in [0.4, 0.5) is 0 Å². The molecule has 105 valence electrons. The van der Waals surface area contributed by atoms with Crippen molar-refractivity contribution in [3.05, 3.63) is 58.6 Å². The minimum absolute atomic E-state index is 0.340. The van der Waals surface area contributed by atoms with Crippen molar-refractivity contribution in [2.75, 3.05) is 14.2 Å². The molecule has 0 aliphatic rings. The fourth-order valence-electron chi connectivity index (χ4n) is 2.21. The van der Waals surface area contributed by atoms with E-state index in [4.69, 9.17) is 21.1 Å². The fraction of sp³-hybridized carbons (Fsp3) is 0.294. The molecular formula is C17H18ClO2. The first-order valence-corrected chi connectivity index (χ1v) is 6.90. The molecule has 2 aromatic carbocycles. The Labute approximate surface area is 125 Å². The van der Waals surface area contributed by atoms with E-state index in [0.717, 1.165) is 28.5 Å². The molecular weight excluding hydrogens is 272 g/mol. The van der Waals surface area contributed by atoms with Crippen molar-refractivity contribution in [2.24, 2.45) is 0 Å². The van der Waals surface area contributed by atoms with E-state index in [1.54, 1.807) is 14.2 Å². The second kappa shape index (κ2) is 6.67. The summed E-state index contributed by atoms with van der Waals surface area (Å²) in [5.74, 6) is 1.84. The summed E-state index contributed by atoms with van der Waals surface area (Å²) in [6.07, 6.45) is 0.900. The van der Waals surface area contributed by atoms with Crippen LogP contribution < -0.4 is 9.47 Å². The van der Waals surface area contributed by atoms with Crippen molar-refractivity contribution in [1.82, 2.24) is 0 Å². The van der Waals surface area contributed by atoms with E-state index in [1.807, 2.05) is 30.3 Å². The molecule has 0 saturated carbocycles. The predicted octanol–water partition coefficient (Wildman–Crippen LogP) is 4.50. The zero-order valence-corrected chi connectivity index (χ0v) is 12.7. The van der Waals surface area contributed by atoms with Crippen LogP contribution >= 0.6 is 11.6 Å². The first kappa shape index (κ1) is 14.7. The molecule has 0 bridgehead atoms. The molecule has 0 spiro atoms. The smallest absolute Gasteiger partial charge is 0.160 e. The van der Waals surface area contributed by atoms with E-state index in [1.165, 1.54) is 5.56 Å². The second-order valence-electron chi connectivity index (χ2n) is 4.76. The van der Waals surface area contributed by atoms with Gasteiger partial charge in [0.1, 0.15) is 0 Å². The third kappa shape index (κ3) is 3.45. The van der Waals surface area contributed by atoms with E-state index >= 15 is 0 Å². The quantitative estimate of drug-likeness (QED) is 0.806. The van der Waals surface area contributed by atoms with Crippen LogP contribution in [0.2, 0.25) is 5.02 Å². The maximum Gasteiger partial charge on any atom is 0.160 e. The number of hydrogen-bond donors (Lipinski definition) is 0. The zero-order valence-electron chi connectivity index (χ0n) is 11.9. The molecule has 0 amide bonds. The van der Waals surface area contributed by atoms with Gasteiger partial charge in [-0.3, -0.25) is 0 Å². The predicted molar refractivity (Wildman–Crippen MR) is 82.0 cm³/mol. The van der Waals surface area contributed by atoms with Gasteiger partial charge in [0, 0.05) is 5.02 Å². The van der Waals surface area contributed by atoms with Crippen molar-refractivity contribution in [3.63, 3.8) is 0 Å². The maximum absolute atomic E-state index is 6.02. The minimum atomic E-state index is 0.340. The van der Waals surface area contributed by atoms with E-state index < -0.39 is 0 Å². The first-order chi connectivity index (χ1) is 9.63. The highest BCUT2D eigenvalue weighted by atomic mass is 35.5. The summed E-state index contributed by atoms with van der Waals surface area (Å²) in [6.45, 7) is 2.17. The maximum atomic E-state index is 6.02. The Bertz CT molecular complexity index is 581. The Morgan fingerprint density at radius 2 is 1.85 bits per heavy atom. The Balaban J connectivity index is 2.17. The lowest BCUT2D eigenvalue weighted by Gasteiger charge is -2.14. The average molecular weight is 290 g/mol. The van der Waals surface area contributed by atoms with Crippen LogP contribution in [0.3, 0.4) is 0 Å². The molecule has 2 aromatic rings. The zero-order chi connectivity index (χ0) is 14.5. The highest BCUT2D eigenvalue weighted by Crippen LogP contribution is 2.30. The topological polar surface area (TPSA) is 18.5 Å². The molecule has 1 radical (unpaired) electrons. The summed E-state index contributed by atoms with van der Waals surface area (Å²) >= 11 is 6.02. The van der Waals surface area contributed by atoms with Crippen LogP contribution in [0.5, 0.6) is 11.5 Å². The Kier molecular flexibility index (Phi) is 4.91. The van der Waals surface area contributed by atoms with Crippen LogP contribution in [0, 0.1) is 6.07 Å². The van der Waals surface area contributed by atoms with Crippen molar-refractivity contribution in [2.45, 2.75) is 19.3 Å². The lowest BCUT2D eigenvalue weighted by atomic mass is 9.93. The second-order valence-corrected chi connectivity index (χ2v) is 5.19. The molecule has 0 fully saturated rings. The summed E-state index contributed by atoms with van der Waals surface area (Å²) in [6, 6.07) is 14.9. The van der Waals surface area contributed by atoms with Crippen molar-refractivity contribution in [3.8, 4) is 11.5 Å². The van der Waals surface area contributed by atoms with E-state index in [9.17, 15) is 0 Å². The van der Waals surface area contributed by atoms with Gasteiger partial charge in [-0.05, 0) is 53.8 Å². The summed E-state index contributed by atoms with van der Waals surface area (Å²) in [5.41, 5.74) is 2.32. The fourth-order valence-corrected chi connectivity index (χ4v) is 2.39. The molecule has 0 N–H and O–H groups in total. The van der Waals surface area contributed by atoms with Crippen molar-refractivity contribution < 1.29 is 9.47 Å². The van der Waals surface area contributed by atoms with E-state index in [0.29, 0.717) is 5.92 Å².